The maximum Gasteiger partial charge on any atom is 0.240 e. The van der Waals surface area contributed by atoms with E-state index in [0.717, 1.165) is 29.4 Å². The summed E-state index contributed by atoms with van der Waals surface area (Å²) in [5, 5.41) is 5.18. The normalized spacial score (nSPS) is 13.3. The standard InChI is InChI=1S/C16H26N4OS/c1-10(2)7-8-14-18-15(21-19-14)9-20(6)11(3)16-12(4)22-13(5)17-16/h10-11H,7-9H2,1-6H3. The zero-order chi connectivity index (χ0) is 16.3. The largest absolute Gasteiger partial charge is 0.338 e. The summed E-state index contributed by atoms with van der Waals surface area (Å²) in [5.41, 5.74) is 1.14. The third-order valence-corrected chi connectivity index (χ3v) is 4.74. The third kappa shape index (κ3) is 4.36. The van der Waals surface area contributed by atoms with Crippen molar-refractivity contribution in [2.45, 2.75) is 60.0 Å². The predicted octanol–water partition coefficient (Wildman–Crippen LogP) is 3.92. The van der Waals surface area contributed by atoms with Gasteiger partial charge in [-0.25, -0.2) is 4.98 Å². The van der Waals surface area contributed by atoms with Gasteiger partial charge in [-0.3, -0.25) is 4.90 Å². The molecule has 0 amide bonds. The minimum Gasteiger partial charge on any atom is -0.338 e. The Bertz CT molecular complexity index is 605. The molecule has 0 spiro atoms. The molecule has 2 aromatic heterocycles. The molecule has 0 radical (unpaired) electrons. The van der Waals surface area contributed by atoms with Crippen LogP contribution in [-0.4, -0.2) is 27.1 Å². The fraction of sp³-hybridized carbons (Fsp3) is 0.688. The molecule has 6 heteroatoms. The van der Waals surface area contributed by atoms with Gasteiger partial charge in [0.25, 0.3) is 0 Å². The first-order valence-corrected chi connectivity index (χ1v) is 8.64. The number of aryl methyl sites for hydroxylation is 3. The molecule has 0 aliphatic rings. The number of aromatic nitrogens is 3. The van der Waals surface area contributed by atoms with Crippen LogP contribution >= 0.6 is 11.3 Å². The Labute approximate surface area is 136 Å². The number of thiazole rings is 1. The Kier molecular flexibility index (Phi) is 5.69. The first kappa shape index (κ1) is 17.1. The summed E-state index contributed by atoms with van der Waals surface area (Å²) in [7, 11) is 2.07. The lowest BCUT2D eigenvalue weighted by atomic mass is 10.1. The molecule has 0 aliphatic carbocycles. The highest BCUT2D eigenvalue weighted by molar-refractivity contribution is 7.11. The van der Waals surface area contributed by atoms with Crippen molar-refractivity contribution in [2.24, 2.45) is 5.92 Å². The van der Waals surface area contributed by atoms with E-state index in [2.05, 4.69) is 54.8 Å². The molecular weight excluding hydrogens is 296 g/mol. The summed E-state index contributed by atoms with van der Waals surface area (Å²) in [6.07, 6.45) is 1.97. The summed E-state index contributed by atoms with van der Waals surface area (Å²) in [6.45, 7) is 11.4. The molecule has 0 fully saturated rings. The molecule has 0 N–H and O–H groups in total. The Morgan fingerprint density at radius 3 is 2.50 bits per heavy atom. The van der Waals surface area contributed by atoms with Gasteiger partial charge >= 0.3 is 0 Å². The maximum atomic E-state index is 5.37. The van der Waals surface area contributed by atoms with Crippen LogP contribution in [0.4, 0.5) is 0 Å². The van der Waals surface area contributed by atoms with Gasteiger partial charge in [0.05, 0.1) is 23.3 Å². The van der Waals surface area contributed by atoms with E-state index in [1.54, 1.807) is 11.3 Å². The van der Waals surface area contributed by atoms with Crippen LogP contribution in [-0.2, 0) is 13.0 Å². The number of hydrogen-bond donors (Lipinski definition) is 0. The van der Waals surface area contributed by atoms with Crippen molar-refractivity contribution in [3.63, 3.8) is 0 Å². The van der Waals surface area contributed by atoms with Crippen LogP contribution in [0.2, 0.25) is 0 Å². The predicted molar refractivity (Wildman–Crippen MR) is 88.9 cm³/mol. The molecular formula is C16H26N4OS. The molecule has 122 valence electrons. The highest BCUT2D eigenvalue weighted by Crippen LogP contribution is 2.26. The number of rotatable bonds is 7. The monoisotopic (exact) mass is 322 g/mol. The average molecular weight is 322 g/mol. The molecule has 1 atom stereocenters. The Morgan fingerprint density at radius 2 is 1.91 bits per heavy atom. The van der Waals surface area contributed by atoms with Gasteiger partial charge in [0.1, 0.15) is 0 Å². The van der Waals surface area contributed by atoms with E-state index in [9.17, 15) is 0 Å². The van der Waals surface area contributed by atoms with Gasteiger partial charge in [0.15, 0.2) is 5.82 Å². The summed E-state index contributed by atoms with van der Waals surface area (Å²) in [4.78, 5) is 12.6. The minimum atomic E-state index is 0.232. The van der Waals surface area contributed by atoms with Crippen LogP contribution < -0.4 is 0 Å². The van der Waals surface area contributed by atoms with Crippen molar-refractivity contribution >= 4 is 11.3 Å². The lowest BCUT2D eigenvalue weighted by Gasteiger charge is -2.22. The number of hydrogen-bond acceptors (Lipinski definition) is 6. The molecule has 1 unspecified atom stereocenters. The Morgan fingerprint density at radius 1 is 1.18 bits per heavy atom. The zero-order valence-electron chi connectivity index (χ0n) is 14.4. The smallest absolute Gasteiger partial charge is 0.240 e. The summed E-state index contributed by atoms with van der Waals surface area (Å²) in [5.74, 6) is 2.14. The third-order valence-electron chi connectivity index (χ3n) is 3.84. The first-order chi connectivity index (χ1) is 10.4. The van der Waals surface area contributed by atoms with Crippen LogP contribution in [0, 0.1) is 19.8 Å². The Hall–Kier alpha value is -1.27. The van der Waals surface area contributed by atoms with E-state index in [4.69, 9.17) is 4.52 Å². The molecule has 2 heterocycles. The SMILES string of the molecule is Cc1nc(C(C)N(C)Cc2nc(CCC(C)C)no2)c(C)s1. The highest BCUT2D eigenvalue weighted by Gasteiger charge is 2.19. The summed E-state index contributed by atoms with van der Waals surface area (Å²) < 4.78 is 5.37. The van der Waals surface area contributed by atoms with E-state index in [1.807, 2.05) is 6.92 Å². The van der Waals surface area contributed by atoms with Gasteiger partial charge < -0.3 is 4.52 Å². The van der Waals surface area contributed by atoms with Crippen LogP contribution in [0.25, 0.3) is 0 Å². The first-order valence-electron chi connectivity index (χ1n) is 7.82. The molecule has 0 aliphatic heterocycles. The summed E-state index contributed by atoms with van der Waals surface area (Å²) >= 11 is 1.75. The second-order valence-electron chi connectivity index (χ2n) is 6.30. The van der Waals surface area contributed by atoms with Crippen LogP contribution in [0.3, 0.4) is 0 Å². The second kappa shape index (κ2) is 7.33. The fourth-order valence-corrected chi connectivity index (χ4v) is 3.27. The van der Waals surface area contributed by atoms with E-state index < -0.39 is 0 Å². The van der Waals surface area contributed by atoms with Crippen LogP contribution in [0.1, 0.15) is 60.5 Å². The minimum absolute atomic E-state index is 0.232. The molecule has 5 nitrogen and oxygen atoms in total. The van der Waals surface area contributed by atoms with E-state index >= 15 is 0 Å². The van der Waals surface area contributed by atoms with Gasteiger partial charge in [-0.2, -0.15) is 4.98 Å². The zero-order valence-corrected chi connectivity index (χ0v) is 15.2. The average Bonchev–Trinajstić information content (AvgIpc) is 3.02. The van der Waals surface area contributed by atoms with E-state index in [-0.39, 0.29) is 6.04 Å². The van der Waals surface area contributed by atoms with Crippen LogP contribution in [0.15, 0.2) is 4.52 Å². The summed E-state index contributed by atoms with van der Waals surface area (Å²) in [6, 6.07) is 0.232. The number of nitrogens with zero attached hydrogens (tertiary/aromatic N) is 4. The molecule has 0 aromatic carbocycles. The van der Waals surface area contributed by atoms with Crippen molar-refractivity contribution in [3.8, 4) is 0 Å². The highest BCUT2D eigenvalue weighted by atomic mass is 32.1. The van der Waals surface area contributed by atoms with Crippen molar-refractivity contribution < 1.29 is 4.52 Å². The van der Waals surface area contributed by atoms with Gasteiger partial charge in [-0.1, -0.05) is 19.0 Å². The lowest BCUT2D eigenvalue weighted by Crippen LogP contribution is -2.23. The molecule has 0 bridgehead atoms. The topological polar surface area (TPSA) is 55.1 Å². The van der Waals surface area contributed by atoms with Crippen LogP contribution in [0.5, 0.6) is 0 Å². The Balaban J connectivity index is 1.96. The quantitative estimate of drug-likeness (QED) is 0.773. The second-order valence-corrected chi connectivity index (χ2v) is 7.71. The van der Waals surface area contributed by atoms with Gasteiger partial charge in [0, 0.05) is 11.3 Å². The lowest BCUT2D eigenvalue weighted by molar-refractivity contribution is 0.213. The van der Waals surface area contributed by atoms with Gasteiger partial charge in [0.2, 0.25) is 5.89 Å². The maximum absolute atomic E-state index is 5.37. The molecule has 2 rings (SSSR count). The van der Waals surface area contributed by atoms with Gasteiger partial charge in [-0.15, -0.1) is 11.3 Å². The molecule has 2 aromatic rings. The van der Waals surface area contributed by atoms with E-state index in [1.165, 1.54) is 4.88 Å². The van der Waals surface area contributed by atoms with Crippen molar-refractivity contribution in [2.75, 3.05) is 7.05 Å². The van der Waals surface area contributed by atoms with Gasteiger partial charge in [-0.05, 0) is 40.2 Å². The van der Waals surface area contributed by atoms with Crippen molar-refractivity contribution in [3.05, 3.63) is 27.3 Å². The molecule has 22 heavy (non-hydrogen) atoms. The van der Waals surface area contributed by atoms with Crippen molar-refractivity contribution in [1.29, 1.82) is 0 Å². The fourth-order valence-electron chi connectivity index (χ4n) is 2.37. The molecule has 0 saturated carbocycles. The van der Waals surface area contributed by atoms with E-state index in [0.29, 0.717) is 18.4 Å². The van der Waals surface area contributed by atoms with Crippen molar-refractivity contribution in [1.82, 2.24) is 20.0 Å². The molecule has 0 saturated heterocycles.